The summed E-state index contributed by atoms with van der Waals surface area (Å²) in [6, 6.07) is 11.6. The second-order valence-corrected chi connectivity index (χ2v) is 7.81. The number of carbonyl (C=O) groups excluding carboxylic acids is 2. The number of likely N-dealkylation sites (N-methyl/N-ethyl adjacent to an activating group) is 1. The first-order chi connectivity index (χ1) is 14.4. The number of nitrogens with zero attached hydrogens (tertiary/aromatic N) is 2. The molecular weight excluding hydrogens is 389 g/mol. The number of nitrogens with two attached hydrogens (primary N) is 1. The van der Waals surface area contributed by atoms with E-state index >= 15 is 0 Å². The molecule has 2 aliphatic heterocycles. The molecule has 158 valence electrons. The van der Waals surface area contributed by atoms with Crippen LogP contribution in [0.25, 0.3) is 0 Å². The normalized spacial score (nSPS) is 20.7. The summed E-state index contributed by atoms with van der Waals surface area (Å²) < 4.78 is 25.7. The van der Waals surface area contributed by atoms with Crippen LogP contribution in [0.1, 0.15) is 22.3 Å². The minimum atomic E-state index is -0.711. The molecule has 0 aromatic heterocycles. The first-order valence-electron chi connectivity index (χ1n) is 9.89. The molecule has 1 atom stereocenters. The quantitative estimate of drug-likeness (QED) is 0.815. The van der Waals surface area contributed by atoms with Gasteiger partial charge in [-0.3, -0.25) is 4.79 Å². The van der Waals surface area contributed by atoms with Gasteiger partial charge in [-0.2, -0.15) is 0 Å². The topological polar surface area (TPSA) is 85.1 Å². The molecule has 0 radical (unpaired) electrons. The number of hydrogen-bond donors (Lipinski definition) is 1. The van der Waals surface area contributed by atoms with Crippen LogP contribution in [0.3, 0.4) is 0 Å². The van der Waals surface area contributed by atoms with Crippen molar-refractivity contribution in [3.63, 3.8) is 0 Å². The molecule has 8 heteroatoms. The Balaban J connectivity index is 1.48. The number of rotatable bonds is 5. The molecule has 0 bridgehead atoms. The predicted octanol–water partition coefficient (Wildman–Crippen LogP) is 2.79. The predicted molar refractivity (Wildman–Crippen MR) is 108 cm³/mol. The minimum Gasteiger partial charge on any atom is -0.457 e. The van der Waals surface area contributed by atoms with Gasteiger partial charge >= 0.3 is 6.09 Å². The molecule has 2 aromatic rings. The number of halogens is 1. The Hall–Kier alpha value is -3.13. The summed E-state index contributed by atoms with van der Waals surface area (Å²) >= 11 is 0. The van der Waals surface area contributed by atoms with Crippen molar-refractivity contribution >= 4 is 12.0 Å². The SMILES string of the molecule is CN1CC2(CCN(C(=O)c3cc(Oc4ccc(CCN)cc4)ccc3F)C2)OC1=O. The van der Waals surface area contributed by atoms with Crippen LogP contribution in [-0.2, 0) is 11.2 Å². The van der Waals surface area contributed by atoms with Crippen LogP contribution in [0.5, 0.6) is 11.5 Å². The summed E-state index contributed by atoms with van der Waals surface area (Å²) in [6.07, 6.45) is 0.906. The zero-order chi connectivity index (χ0) is 21.3. The van der Waals surface area contributed by atoms with E-state index < -0.39 is 23.4 Å². The summed E-state index contributed by atoms with van der Waals surface area (Å²) in [4.78, 5) is 27.7. The fourth-order valence-corrected chi connectivity index (χ4v) is 3.95. The van der Waals surface area contributed by atoms with Gasteiger partial charge in [-0.1, -0.05) is 12.1 Å². The zero-order valence-corrected chi connectivity index (χ0v) is 16.8. The zero-order valence-electron chi connectivity index (χ0n) is 16.8. The Bertz CT molecular complexity index is 965. The van der Waals surface area contributed by atoms with Gasteiger partial charge < -0.3 is 25.0 Å². The van der Waals surface area contributed by atoms with Crippen LogP contribution in [0.15, 0.2) is 42.5 Å². The maximum absolute atomic E-state index is 14.4. The Kier molecular flexibility index (Phi) is 5.34. The van der Waals surface area contributed by atoms with E-state index in [0.717, 1.165) is 12.0 Å². The van der Waals surface area contributed by atoms with Gasteiger partial charge in [-0.05, 0) is 48.9 Å². The lowest BCUT2D eigenvalue weighted by Gasteiger charge is -2.22. The highest BCUT2D eigenvalue weighted by molar-refractivity contribution is 5.95. The summed E-state index contributed by atoms with van der Waals surface area (Å²) in [7, 11) is 1.66. The van der Waals surface area contributed by atoms with Crippen LogP contribution in [-0.4, -0.2) is 60.6 Å². The summed E-state index contributed by atoms with van der Waals surface area (Å²) in [5.41, 5.74) is 5.87. The summed E-state index contributed by atoms with van der Waals surface area (Å²) in [5, 5.41) is 0. The van der Waals surface area contributed by atoms with Crippen LogP contribution in [0.2, 0.25) is 0 Å². The lowest BCUT2D eigenvalue weighted by molar-refractivity contribution is 0.0550. The number of benzene rings is 2. The van der Waals surface area contributed by atoms with Crippen molar-refractivity contribution in [3.05, 3.63) is 59.4 Å². The number of hydrogen-bond acceptors (Lipinski definition) is 5. The van der Waals surface area contributed by atoms with Gasteiger partial charge in [0, 0.05) is 20.0 Å². The molecule has 2 fully saturated rings. The van der Waals surface area contributed by atoms with E-state index in [1.54, 1.807) is 7.05 Å². The molecule has 4 rings (SSSR count). The van der Waals surface area contributed by atoms with Crippen LogP contribution in [0, 0.1) is 5.82 Å². The number of carbonyl (C=O) groups is 2. The van der Waals surface area contributed by atoms with Crippen molar-refractivity contribution in [1.82, 2.24) is 9.80 Å². The third-order valence-corrected chi connectivity index (χ3v) is 5.50. The van der Waals surface area contributed by atoms with Crippen molar-refractivity contribution < 1.29 is 23.5 Å². The molecule has 7 nitrogen and oxygen atoms in total. The largest absolute Gasteiger partial charge is 0.457 e. The number of likely N-dealkylation sites (tertiary alicyclic amines) is 1. The van der Waals surface area contributed by atoms with E-state index in [4.69, 9.17) is 15.2 Å². The third-order valence-electron chi connectivity index (χ3n) is 5.50. The highest BCUT2D eigenvalue weighted by Crippen LogP contribution is 2.33. The van der Waals surface area contributed by atoms with Crippen molar-refractivity contribution in [2.75, 3.05) is 33.2 Å². The Labute approximate surface area is 174 Å². The molecular formula is C22H24FN3O4. The van der Waals surface area contributed by atoms with Crippen molar-refractivity contribution in [2.45, 2.75) is 18.4 Å². The first kappa shape index (κ1) is 20.2. The second-order valence-electron chi connectivity index (χ2n) is 7.81. The van der Waals surface area contributed by atoms with Gasteiger partial charge in [-0.25, -0.2) is 9.18 Å². The van der Waals surface area contributed by atoms with Gasteiger partial charge in [0.1, 0.15) is 17.3 Å². The molecule has 2 saturated heterocycles. The lowest BCUT2D eigenvalue weighted by atomic mass is 10.0. The molecule has 0 saturated carbocycles. The third kappa shape index (κ3) is 3.95. The van der Waals surface area contributed by atoms with Gasteiger partial charge in [0.15, 0.2) is 5.60 Å². The summed E-state index contributed by atoms with van der Waals surface area (Å²) in [6.45, 7) is 1.63. The average molecular weight is 413 g/mol. The standard InChI is InChI=1S/C22H24FN3O4/c1-25-13-22(30-21(25)28)9-11-26(14-22)20(27)18-12-17(6-7-19(18)23)29-16-4-2-15(3-5-16)8-10-24/h2-7,12H,8-11,13-14,24H2,1H3. The van der Waals surface area contributed by atoms with E-state index in [1.807, 2.05) is 24.3 Å². The Morgan fingerprint density at radius 2 is 1.93 bits per heavy atom. The molecule has 2 N–H and O–H groups in total. The van der Waals surface area contributed by atoms with Gasteiger partial charge in [0.05, 0.1) is 18.7 Å². The van der Waals surface area contributed by atoms with E-state index in [-0.39, 0.29) is 12.1 Å². The molecule has 1 unspecified atom stereocenters. The average Bonchev–Trinajstić information content (AvgIpc) is 3.26. The maximum atomic E-state index is 14.4. The van der Waals surface area contributed by atoms with Crippen LogP contribution >= 0.6 is 0 Å². The lowest BCUT2D eigenvalue weighted by Crippen LogP contribution is -2.39. The molecule has 2 aliphatic rings. The van der Waals surface area contributed by atoms with E-state index in [1.165, 1.54) is 28.0 Å². The fourth-order valence-electron chi connectivity index (χ4n) is 3.95. The highest BCUT2D eigenvalue weighted by atomic mass is 19.1. The molecule has 30 heavy (non-hydrogen) atoms. The molecule has 2 amide bonds. The van der Waals surface area contributed by atoms with Gasteiger partial charge in [0.25, 0.3) is 5.91 Å². The first-order valence-corrected chi connectivity index (χ1v) is 9.89. The maximum Gasteiger partial charge on any atom is 0.410 e. The van der Waals surface area contributed by atoms with Gasteiger partial charge in [0.2, 0.25) is 0 Å². The van der Waals surface area contributed by atoms with E-state index in [0.29, 0.717) is 37.6 Å². The fraction of sp³-hybridized carbons (Fsp3) is 0.364. The molecule has 1 spiro atoms. The van der Waals surface area contributed by atoms with Crippen molar-refractivity contribution in [1.29, 1.82) is 0 Å². The minimum absolute atomic E-state index is 0.0676. The Morgan fingerprint density at radius 3 is 2.60 bits per heavy atom. The summed E-state index contributed by atoms with van der Waals surface area (Å²) in [5.74, 6) is -0.111. The second kappa shape index (κ2) is 7.95. The van der Waals surface area contributed by atoms with Crippen LogP contribution < -0.4 is 10.5 Å². The highest BCUT2D eigenvalue weighted by Gasteiger charge is 2.49. The number of amides is 2. The molecule has 0 aliphatic carbocycles. The van der Waals surface area contributed by atoms with Crippen molar-refractivity contribution in [2.24, 2.45) is 5.73 Å². The smallest absolute Gasteiger partial charge is 0.410 e. The van der Waals surface area contributed by atoms with Gasteiger partial charge in [-0.15, -0.1) is 0 Å². The monoisotopic (exact) mass is 413 g/mol. The molecule has 2 aromatic carbocycles. The Morgan fingerprint density at radius 1 is 1.20 bits per heavy atom. The van der Waals surface area contributed by atoms with E-state index in [9.17, 15) is 14.0 Å². The molecule has 2 heterocycles. The van der Waals surface area contributed by atoms with Crippen LogP contribution in [0.4, 0.5) is 9.18 Å². The van der Waals surface area contributed by atoms with Crippen molar-refractivity contribution in [3.8, 4) is 11.5 Å². The van der Waals surface area contributed by atoms with E-state index in [2.05, 4.69) is 0 Å². The number of ether oxygens (including phenoxy) is 2.